The molecule has 88 valence electrons. The van der Waals surface area contributed by atoms with E-state index < -0.39 is 34.4 Å². The first-order chi connectivity index (χ1) is 7.27. The van der Waals surface area contributed by atoms with Crippen molar-refractivity contribution in [3.8, 4) is 0 Å². The summed E-state index contributed by atoms with van der Waals surface area (Å²) in [5, 5.41) is -1.01. The third kappa shape index (κ3) is 2.41. The lowest BCUT2D eigenvalue weighted by Gasteiger charge is -2.09. The van der Waals surface area contributed by atoms with E-state index in [1.54, 1.807) is 0 Å². The summed E-state index contributed by atoms with van der Waals surface area (Å²) in [6.45, 7) is 0. The number of methoxy groups -OCH3 is 1. The van der Waals surface area contributed by atoms with Gasteiger partial charge >= 0.3 is 12.1 Å². The highest BCUT2D eigenvalue weighted by molar-refractivity contribution is 6.30. The third-order valence-electron chi connectivity index (χ3n) is 1.61. The van der Waals surface area contributed by atoms with Crippen molar-refractivity contribution < 1.29 is 27.1 Å². The van der Waals surface area contributed by atoms with E-state index in [0.717, 1.165) is 7.11 Å². The maximum atomic E-state index is 13.1. The average molecular weight is 258 g/mol. The van der Waals surface area contributed by atoms with Crippen LogP contribution in [-0.4, -0.2) is 18.1 Å². The first-order valence-corrected chi connectivity index (χ1v) is 4.16. The Kier molecular flexibility index (Phi) is 3.37. The van der Waals surface area contributed by atoms with Crippen LogP contribution in [0.4, 0.5) is 17.6 Å². The fourth-order valence-corrected chi connectivity index (χ4v) is 1.15. The van der Waals surface area contributed by atoms with E-state index in [-0.39, 0.29) is 6.07 Å². The second-order valence-electron chi connectivity index (χ2n) is 2.65. The number of nitrogens with zero attached hydrogens (tertiary/aromatic N) is 1. The number of carbonyl (C=O) groups is 1. The number of alkyl halides is 3. The van der Waals surface area contributed by atoms with Crippen LogP contribution >= 0.6 is 11.6 Å². The Morgan fingerprint density at radius 2 is 2.06 bits per heavy atom. The number of esters is 1. The molecule has 8 heteroatoms. The van der Waals surface area contributed by atoms with E-state index in [1.807, 2.05) is 0 Å². The summed E-state index contributed by atoms with van der Waals surface area (Å²) in [6.07, 6.45) is -4.83. The highest BCUT2D eigenvalue weighted by Gasteiger charge is 2.36. The third-order valence-corrected chi connectivity index (χ3v) is 1.90. The molecule has 0 radical (unpaired) electrons. The van der Waals surface area contributed by atoms with Crippen molar-refractivity contribution in [1.29, 1.82) is 0 Å². The van der Waals surface area contributed by atoms with Crippen LogP contribution < -0.4 is 0 Å². The van der Waals surface area contributed by atoms with Crippen LogP contribution in [0.5, 0.6) is 0 Å². The van der Waals surface area contributed by atoms with Gasteiger partial charge < -0.3 is 4.74 Å². The Morgan fingerprint density at radius 3 is 2.50 bits per heavy atom. The lowest BCUT2D eigenvalue weighted by atomic mass is 10.2. The van der Waals surface area contributed by atoms with Crippen LogP contribution in [0.2, 0.25) is 5.15 Å². The summed E-state index contributed by atoms with van der Waals surface area (Å²) in [5.74, 6) is -2.64. The molecule has 0 saturated carbocycles. The molecular formula is C8H4ClF4NO2. The number of aromatic nitrogens is 1. The molecule has 0 unspecified atom stereocenters. The maximum absolute atomic E-state index is 13.1. The van der Waals surface area contributed by atoms with E-state index in [2.05, 4.69) is 9.72 Å². The summed E-state index contributed by atoms with van der Waals surface area (Å²) < 4.78 is 53.9. The normalized spacial score (nSPS) is 11.4. The second kappa shape index (κ2) is 4.25. The van der Waals surface area contributed by atoms with Crippen molar-refractivity contribution >= 4 is 17.6 Å². The van der Waals surface area contributed by atoms with Crippen molar-refractivity contribution in [1.82, 2.24) is 4.98 Å². The van der Waals surface area contributed by atoms with Gasteiger partial charge in [0.15, 0.2) is 11.5 Å². The summed E-state index contributed by atoms with van der Waals surface area (Å²) in [7, 11) is 0.940. The van der Waals surface area contributed by atoms with Crippen molar-refractivity contribution in [2.75, 3.05) is 7.11 Å². The lowest BCUT2D eigenvalue weighted by Crippen LogP contribution is -2.13. The molecule has 0 aliphatic carbocycles. The zero-order valence-corrected chi connectivity index (χ0v) is 8.49. The molecule has 1 aromatic heterocycles. The summed E-state index contributed by atoms with van der Waals surface area (Å²) >= 11 is 5.18. The van der Waals surface area contributed by atoms with Gasteiger partial charge in [-0.3, -0.25) is 0 Å². The molecule has 0 N–H and O–H groups in total. The minimum Gasteiger partial charge on any atom is -0.464 e. The molecular weight excluding hydrogens is 254 g/mol. The fraction of sp³-hybridized carbons (Fsp3) is 0.250. The number of hydrogen-bond acceptors (Lipinski definition) is 3. The van der Waals surface area contributed by atoms with Gasteiger partial charge in [0, 0.05) is 0 Å². The first-order valence-electron chi connectivity index (χ1n) is 3.79. The number of hydrogen-bond donors (Lipinski definition) is 0. The zero-order valence-electron chi connectivity index (χ0n) is 7.73. The number of carbonyl (C=O) groups excluding carboxylic acids is 1. The van der Waals surface area contributed by atoms with Gasteiger partial charge in [-0.1, -0.05) is 11.6 Å². The number of pyridine rings is 1. The number of halogens is 5. The van der Waals surface area contributed by atoms with Gasteiger partial charge in [-0.25, -0.2) is 14.2 Å². The Bertz CT molecular complexity index is 433. The fourth-order valence-electron chi connectivity index (χ4n) is 0.905. The molecule has 0 aliphatic heterocycles. The van der Waals surface area contributed by atoms with E-state index >= 15 is 0 Å². The van der Waals surface area contributed by atoms with Crippen molar-refractivity contribution in [2.24, 2.45) is 0 Å². The van der Waals surface area contributed by atoms with Gasteiger partial charge in [0.1, 0.15) is 5.15 Å². The van der Waals surface area contributed by atoms with E-state index in [1.165, 1.54) is 0 Å². The number of ether oxygens (including phenoxy) is 1. The Balaban J connectivity index is 3.33. The molecule has 1 aromatic rings. The smallest absolute Gasteiger partial charge is 0.419 e. The Morgan fingerprint density at radius 1 is 1.50 bits per heavy atom. The molecule has 16 heavy (non-hydrogen) atoms. The van der Waals surface area contributed by atoms with Crippen LogP contribution in [0.15, 0.2) is 6.07 Å². The summed E-state index contributed by atoms with van der Waals surface area (Å²) in [4.78, 5) is 13.9. The predicted octanol–water partition coefficient (Wildman–Crippen LogP) is 2.68. The summed E-state index contributed by atoms with van der Waals surface area (Å²) in [6, 6.07) is 0.0988. The lowest BCUT2D eigenvalue weighted by molar-refractivity contribution is -0.137. The molecule has 1 rings (SSSR count). The minimum absolute atomic E-state index is 0.0988. The Labute approximate surface area is 92.0 Å². The molecule has 0 saturated heterocycles. The SMILES string of the molecule is COC(=O)c1nc(Cl)c(C(F)(F)F)cc1F. The minimum atomic E-state index is -4.83. The van der Waals surface area contributed by atoms with Gasteiger partial charge in [0.2, 0.25) is 0 Å². The topological polar surface area (TPSA) is 39.2 Å². The first kappa shape index (κ1) is 12.7. The summed E-state index contributed by atoms with van der Waals surface area (Å²) in [5.41, 5.74) is -2.33. The van der Waals surface area contributed by atoms with E-state index in [4.69, 9.17) is 11.6 Å². The molecule has 0 fully saturated rings. The van der Waals surface area contributed by atoms with E-state index in [0.29, 0.717) is 0 Å². The van der Waals surface area contributed by atoms with Gasteiger partial charge in [-0.05, 0) is 6.07 Å². The van der Waals surface area contributed by atoms with Crippen molar-refractivity contribution in [3.05, 3.63) is 28.3 Å². The molecule has 3 nitrogen and oxygen atoms in total. The molecule has 0 bridgehead atoms. The van der Waals surface area contributed by atoms with Gasteiger partial charge in [0.05, 0.1) is 12.7 Å². The van der Waals surface area contributed by atoms with Crippen LogP contribution in [0, 0.1) is 5.82 Å². The molecule has 0 spiro atoms. The predicted molar refractivity (Wildman–Crippen MR) is 45.5 cm³/mol. The van der Waals surface area contributed by atoms with Crippen LogP contribution in [-0.2, 0) is 10.9 Å². The molecule has 0 atom stereocenters. The highest BCUT2D eigenvalue weighted by Crippen LogP contribution is 2.34. The van der Waals surface area contributed by atoms with Gasteiger partial charge in [-0.15, -0.1) is 0 Å². The Hall–Kier alpha value is -1.37. The van der Waals surface area contributed by atoms with Crippen molar-refractivity contribution in [2.45, 2.75) is 6.18 Å². The standard InChI is InChI=1S/C8H4ClF4NO2/c1-16-7(15)5-4(10)2-3(6(9)14-5)8(11,12)13/h2H,1H3. The van der Waals surface area contributed by atoms with Crippen molar-refractivity contribution in [3.63, 3.8) is 0 Å². The van der Waals surface area contributed by atoms with Gasteiger partial charge in [0.25, 0.3) is 0 Å². The second-order valence-corrected chi connectivity index (χ2v) is 3.00. The van der Waals surface area contributed by atoms with Gasteiger partial charge in [-0.2, -0.15) is 13.2 Å². The van der Waals surface area contributed by atoms with Crippen LogP contribution in [0.25, 0.3) is 0 Å². The highest BCUT2D eigenvalue weighted by atomic mass is 35.5. The van der Waals surface area contributed by atoms with E-state index in [9.17, 15) is 22.4 Å². The number of rotatable bonds is 1. The van der Waals surface area contributed by atoms with Crippen LogP contribution in [0.3, 0.4) is 0 Å². The van der Waals surface area contributed by atoms with Crippen LogP contribution in [0.1, 0.15) is 16.1 Å². The average Bonchev–Trinajstić information content (AvgIpc) is 2.18. The largest absolute Gasteiger partial charge is 0.464 e. The molecule has 0 amide bonds. The maximum Gasteiger partial charge on any atom is 0.419 e. The molecule has 0 aromatic carbocycles. The quantitative estimate of drug-likeness (QED) is 0.441. The molecule has 1 heterocycles. The monoisotopic (exact) mass is 257 g/mol. The molecule has 0 aliphatic rings. The zero-order chi connectivity index (χ0) is 12.5.